The fourth-order valence-corrected chi connectivity index (χ4v) is 1.41. The molecule has 7 nitrogen and oxygen atoms in total. The van der Waals surface area contributed by atoms with Crippen LogP contribution in [-0.4, -0.2) is 44.6 Å². The highest BCUT2D eigenvalue weighted by Gasteiger charge is 2.30. The minimum Gasteiger partial charge on any atom is -0.482 e. The Morgan fingerprint density at radius 2 is 1.83 bits per heavy atom. The van der Waals surface area contributed by atoms with Gasteiger partial charge in [0.1, 0.15) is 5.75 Å². The molecular weight excluding hydrogens is 333 g/mol. The van der Waals surface area contributed by atoms with E-state index in [2.05, 4.69) is 15.4 Å². The lowest BCUT2D eigenvalue weighted by Gasteiger charge is -2.10. The molecule has 0 heterocycles. The molecule has 0 unspecified atom stereocenters. The van der Waals surface area contributed by atoms with E-state index in [1.54, 1.807) is 0 Å². The topological polar surface area (TPSA) is 93.7 Å². The molecule has 24 heavy (non-hydrogen) atoms. The van der Waals surface area contributed by atoms with Crippen molar-refractivity contribution in [2.75, 3.05) is 26.8 Å². The summed E-state index contributed by atoms with van der Waals surface area (Å²) in [5, 5.41) is 4.47. The summed E-state index contributed by atoms with van der Waals surface area (Å²) in [7, 11) is 1.39. The molecule has 0 radical (unpaired) electrons. The van der Waals surface area contributed by atoms with Gasteiger partial charge in [0.2, 0.25) is 5.91 Å². The quantitative estimate of drug-likeness (QED) is 0.700. The van der Waals surface area contributed by atoms with Crippen LogP contribution in [0.1, 0.15) is 5.56 Å². The summed E-state index contributed by atoms with van der Waals surface area (Å²) in [6.07, 6.45) is -4.53. The number of halogens is 3. The highest BCUT2D eigenvalue weighted by Crippen LogP contribution is 2.31. The van der Waals surface area contributed by atoms with Gasteiger partial charge in [-0.25, -0.2) is 4.79 Å². The second kappa shape index (κ2) is 8.75. The summed E-state index contributed by atoms with van der Waals surface area (Å²) in [6.45, 7) is -1.57. The standard InChI is InChI=1S/C14H15F3N2O5/c1-18-11(20)6-19-12(21)7-24-13(22)8-23-10-4-2-3-9(5-10)14(15,16)17/h2-5H,6-8H2,1H3,(H,18,20)(H,19,21). The lowest BCUT2D eigenvalue weighted by molar-refractivity contribution is -0.150. The first kappa shape index (κ1) is 19.3. The fourth-order valence-electron chi connectivity index (χ4n) is 1.41. The van der Waals surface area contributed by atoms with Crippen LogP contribution in [0.2, 0.25) is 0 Å². The van der Waals surface area contributed by atoms with Crippen molar-refractivity contribution in [3.8, 4) is 5.75 Å². The van der Waals surface area contributed by atoms with Crippen molar-refractivity contribution in [3.05, 3.63) is 29.8 Å². The highest BCUT2D eigenvalue weighted by atomic mass is 19.4. The molecule has 1 rings (SSSR count). The van der Waals surface area contributed by atoms with Crippen molar-refractivity contribution in [2.45, 2.75) is 6.18 Å². The van der Waals surface area contributed by atoms with Gasteiger partial charge in [-0.3, -0.25) is 9.59 Å². The van der Waals surface area contributed by atoms with E-state index in [1.165, 1.54) is 13.1 Å². The first-order valence-corrected chi connectivity index (χ1v) is 6.65. The normalized spacial score (nSPS) is 10.7. The predicted molar refractivity (Wildman–Crippen MR) is 75.0 cm³/mol. The average Bonchev–Trinajstić information content (AvgIpc) is 2.55. The number of carbonyl (C=O) groups excluding carboxylic acids is 3. The zero-order valence-corrected chi connectivity index (χ0v) is 12.6. The van der Waals surface area contributed by atoms with Crippen LogP contribution in [0.5, 0.6) is 5.75 Å². The lowest BCUT2D eigenvalue weighted by Crippen LogP contribution is -2.37. The zero-order chi connectivity index (χ0) is 18.2. The molecule has 2 amide bonds. The van der Waals surface area contributed by atoms with Gasteiger partial charge >= 0.3 is 12.1 Å². The van der Waals surface area contributed by atoms with E-state index in [1.807, 2.05) is 0 Å². The van der Waals surface area contributed by atoms with Crippen molar-refractivity contribution in [2.24, 2.45) is 0 Å². The number of amides is 2. The number of hydrogen-bond donors (Lipinski definition) is 2. The molecule has 0 atom stereocenters. The average molecular weight is 348 g/mol. The number of benzene rings is 1. The number of ether oxygens (including phenoxy) is 2. The molecule has 1 aromatic rings. The Morgan fingerprint density at radius 3 is 2.46 bits per heavy atom. The number of rotatable bonds is 7. The maximum Gasteiger partial charge on any atom is 0.416 e. The van der Waals surface area contributed by atoms with Gasteiger partial charge in [-0.1, -0.05) is 6.07 Å². The third-order valence-electron chi connectivity index (χ3n) is 2.61. The van der Waals surface area contributed by atoms with Crippen LogP contribution in [-0.2, 0) is 25.3 Å². The molecule has 10 heteroatoms. The minimum absolute atomic E-state index is 0.161. The molecule has 0 aliphatic heterocycles. The van der Waals surface area contributed by atoms with E-state index in [0.29, 0.717) is 0 Å². The third-order valence-corrected chi connectivity index (χ3v) is 2.61. The monoisotopic (exact) mass is 348 g/mol. The minimum atomic E-state index is -4.53. The Bertz CT molecular complexity index is 604. The van der Waals surface area contributed by atoms with Gasteiger partial charge in [0, 0.05) is 7.05 Å². The maximum absolute atomic E-state index is 12.5. The summed E-state index contributed by atoms with van der Waals surface area (Å²) in [6, 6.07) is 3.99. The SMILES string of the molecule is CNC(=O)CNC(=O)COC(=O)COc1cccc(C(F)(F)F)c1. The molecule has 0 aromatic heterocycles. The molecule has 0 bridgehead atoms. The Morgan fingerprint density at radius 1 is 1.12 bits per heavy atom. The Labute approximate surface area is 135 Å². The lowest BCUT2D eigenvalue weighted by atomic mass is 10.2. The van der Waals surface area contributed by atoms with Crippen LogP contribution in [0.25, 0.3) is 0 Å². The van der Waals surface area contributed by atoms with Gasteiger partial charge in [0.25, 0.3) is 5.91 Å². The first-order valence-electron chi connectivity index (χ1n) is 6.65. The van der Waals surface area contributed by atoms with Gasteiger partial charge < -0.3 is 20.1 Å². The van der Waals surface area contributed by atoms with Crippen molar-refractivity contribution in [1.82, 2.24) is 10.6 Å². The zero-order valence-electron chi connectivity index (χ0n) is 12.6. The second-order valence-electron chi connectivity index (χ2n) is 4.42. The van der Waals surface area contributed by atoms with E-state index >= 15 is 0 Å². The van der Waals surface area contributed by atoms with Gasteiger partial charge in [-0.2, -0.15) is 13.2 Å². The summed E-state index contributed by atoms with van der Waals surface area (Å²) < 4.78 is 47.0. The molecular formula is C14H15F3N2O5. The molecule has 2 N–H and O–H groups in total. The molecule has 0 aliphatic rings. The molecule has 0 saturated carbocycles. The Balaban J connectivity index is 2.36. The third kappa shape index (κ3) is 6.99. The van der Waals surface area contributed by atoms with E-state index in [0.717, 1.165) is 18.2 Å². The Hall–Kier alpha value is -2.78. The van der Waals surface area contributed by atoms with Crippen molar-refractivity contribution in [1.29, 1.82) is 0 Å². The number of esters is 1. The molecule has 1 aromatic carbocycles. The maximum atomic E-state index is 12.5. The van der Waals surface area contributed by atoms with E-state index in [-0.39, 0.29) is 12.3 Å². The first-order chi connectivity index (χ1) is 11.2. The highest BCUT2D eigenvalue weighted by molar-refractivity contribution is 5.86. The molecule has 0 fully saturated rings. The fraction of sp³-hybridized carbons (Fsp3) is 0.357. The van der Waals surface area contributed by atoms with Crippen LogP contribution < -0.4 is 15.4 Å². The smallest absolute Gasteiger partial charge is 0.416 e. The van der Waals surface area contributed by atoms with E-state index in [4.69, 9.17) is 4.74 Å². The molecule has 0 spiro atoms. The van der Waals surface area contributed by atoms with E-state index < -0.39 is 42.7 Å². The summed E-state index contributed by atoms with van der Waals surface area (Å²) in [5.41, 5.74) is -0.915. The van der Waals surface area contributed by atoms with Crippen LogP contribution in [0.15, 0.2) is 24.3 Å². The van der Waals surface area contributed by atoms with Gasteiger partial charge in [-0.15, -0.1) is 0 Å². The van der Waals surface area contributed by atoms with Crippen LogP contribution in [0, 0.1) is 0 Å². The van der Waals surface area contributed by atoms with E-state index in [9.17, 15) is 27.6 Å². The van der Waals surface area contributed by atoms with Crippen molar-refractivity contribution < 1.29 is 37.0 Å². The number of alkyl halides is 3. The number of carbonyl (C=O) groups is 3. The second-order valence-corrected chi connectivity index (χ2v) is 4.42. The molecule has 132 valence electrons. The van der Waals surface area contributed by atoms with Crippen LogP contribution >= 0.6 is 0 Å². The largest absolute Gasteiger partial charge is 0.482 e. The number of hydrogen-bond acceptors (Lipinski definition) is 5. The summed E-state index contributed by atoms with van der Waals surface area (Å²) >= 11 is 0. The summed E-state index contributed by atoms with van der Waals surface area (Å²) in [4.78, 5) is 33.5. The van der Waals surface area contributed by atoms with Crippen LogP contribution in [0.3, 0.4) is 0 Å². The van der Waals surface area contributed by atoms with Gasteiger partial charge in [-0.05, 0) is 18.2 Å². The molecule has 0 aliphatic carbocycles. The van der Waals surface area contributed by atoms with Gasteiger partial charge in [0.05, 0.1) is 12.1 Å². The predicted octanol–water partition coefficient (Wildman–Crippen LogP) is 0.490. The number of likely N-dealkylation sites (N-methyl/N-ethyl adjacent to an activating group) is 1. The number of nitrogens with one attached hydrogen (secondary N) is 2. The van der Waals surface area contributed by atoms with Crippen molar-refractivity contribution in [3.63, 3.8) is 0 Å². The van der Waals surface area contributed by atoms with Gasteiger partial charge in [0.15, 0.2) is 13.2 Å². The molecule has 0 saturated heterocycles. The van der Waals surface area contributed by atoms with Crippen molar-refractivity contribution >= 4 is 17.8 Å². The summed E-state index contributed by atoms with van der Waals surface area (Å²) in [5.74, 6) is -2.23. The Kier molecular flexibility index (Phi) is 7.02. The van der Waals surface area contributed by atoms with Crippen LogP contribution in [0.4, 0.5) is 13.2 Å².